The van der Waals surface area contributed by atoms with E-state index < -0.39 is 0 Å². The number of nitrogens with two attached hydrogens (primary N) is 1. The van der Waals surface area contributed by atoms with Crippen molar-refractivity contribution >= 4 is 5.91 Å². The molecule has 18 heavy (non-hydrogen) atoms. The normalized spacial score (nSPS) is 16.7. The zero-order valence-corrected chi connectivity index (χ0v) is 11.4. The molecule has 0 radical (unpaired) electrons. The van der Waals surface area contributed by atoms with Gasteiger partial charge in [-0.25, -0.2) is 0 Å². The van der Waals surface area contributed by atoms with Crippen LogP contribution in [0, 0.1) is 19.3 Å². The summed E-state index contributed by atoms with van der Waals surface area (Å²) in [5.74, 6) is -0.0126. The highest BCUT2D eigenvalue weighted by atomic mass is 16.1. The van der Waals surface area contributed by atoms with Crippen LogP contribution in [0.2, 0.25) is 0 Å². The van der Waals surface area contributed by atoms with Gasteiger partial charge in [0.2, 0.25) is 0 Å². The van der Waals surface area contributed by atoms with Crippen LogP contribution in [-0.2, 0) is 7.05 Å². The number of rotatable bonds is 5. The Kier molecular flexibility index (Phi) is 3.43. The van der Waals surface area contributed by atoms with Crippen LogP contribution in [0.3, 0.4) is 0 Å². The van der Waals surface area contributed by atoms with Gasteiger partial charge in [0.25, 0.3) is 5.91 Å². The van der Waals surface area contributed by atoms with Crippen molar-refractivity contribution in [2.45, 2.75) is 33.1 Å². The third kappa shape index (κ3) is 2.41. The Morgan fingerprint density at radius 3 is 2.61 bits per heavy atom. The maximum Gasteiger partial charge on any atom is 0.255 e. The Labute approximate surface area is 108 Å². The quantitative estimate of drug-likeness (QED) is 0.815. The fourth-order valence-electron chi connectivity index (χ4n) is 2.46. The molecule has 1 fully saturated rings. The molecule has 0 aliphatic heterocycles. The van der Waals surface area contributed by atoms with Gasteiger partial charge in [0.1, 0.15) is 0 Å². The number of hydrogen-bond donors (Lipinski definition) is 2. The lowest BCUT2D eigenvalue weighted by Gasteiger charge is -2.14. The average Bonchev–Trinajstić information content (AvgIpc) is 3.02. The number of nitrogens with one attached hydrogen (secondary N) is 1. The van der Waals surface area contributed by atoms with Crippen LogP contribution < -0.4 is 11.1 Å². The fraction of sp³-hybridized carbons (Fsp3) is 0.692. The van der Waals surface area contributed by atoms with E-state index in [0.717, 1.165) is 24.4 Å². The van der Waals surface area contributed by atoms with Gasteiger partial charge < -0.3 is 11.1 Å². The topological polar surface area (TPSA) is 72.9 Å². The third-order valence-corrected chi connectivity index (χ3v) is 3.99. The van der Waals surface area contributed by atoms with Crippen LogP contribution in [0.15, 0.2) is 0 Å². The van der Waals surface area contributed by atoms with E-state index in [2.05, 4.69) is 10.4 Å². The van der Waals surface area contributed by atoms with Crippen LogP contribution in [0.25, 0.3) is 0 Å². The summed E-state index contributed by atoms with van der Waals surface area (Å²) in [6, 6.07) is 0. The van der Waals surface area contributed by atoms with Crippen molar-refractivity contribution in [1.29, 1.82) is 0 Å². The van der Waals surface area contributed by atoms with E-state index in [4.69, 9.17) is 5.73 Å². The van der Waals surface area contributed by atoms with Gasteiger partial charge in [-0.3, -0.25) is 9.48 Å². The molecule has 1 aliphatic rings. The average molecular weight is 250 g/mol. The Morgan fingerprint density at radius 1 is 1.50 bits per heavy atom. The van der Waals surface area contributed by atoms with Gasteiger partial charge in [-0.2, -0.15) is 5.10 Å². The van der Waals surface area contributed by atoms with Crippen LogP contribution in [0.1, 0.15) is 41.0 Å². The minimum atomic E-state index is -0.0126. The van der Waals surface area contributed by atoms with Gasteiger partial charge in [-0.1, -0.05) is 0 Å². The summed E-state index contributed by atoms with van der Waals surface area (Å²) in [7, 11) is 1.86. The van der Waals surface area contributed by atoms with E-state index in [1.807, 2.05) is 20.9 Å². The summed E-state index contributed by atoms with van der Waals surface area (Å²) in [6.45, 7) is 5.22. The Balaban J connectivity index is 2.00. The monoisotopic (exact) mass is 250 g/mol. The van der Waals surface area contributed by atoms with Crippen molar-refractivity contribution in [2.24, 2.45) is 18.2 Å². The number of hydrogen-bond acceptors (Lipinski definition) is 3. The van der Waals surface area contributed by atoms with E-state index in [0.29, 0.717) is 12.1 Å². The zero-order chi connectivity index (χ0) is 13.3. The molecule has 1 aromatic heterocycles. The molecule has 1 aliphatic carbocycles. The molecule has 5 heteroatoms. The van der Waals surface area contributed by atoms with Gasteiger partial charge >= 0.3 is 0 Å². The lowest BCUT2D eigenvalue weighted by Crippen LogP contribution is -2.32. The Bertz CT molecular complexity index is 460. The largest absolute Gasteiger partial charge is 0.351 e. The van der Waals surface area contributed by atoms with E-state index in [1.54, 1.807) is 4.68 Å². The second-order valence-electron chi connectivity index (χ2n) is 5.39. The highest BCUT2D eigenvalue weighted by Crippen LogP contribution is 2.47. The smallest absolute Gasteiger partial charge is 0.255 e. The highest BCUT2D eigenvalue weighted by Gasteiger charge is 2.41. The van der Waals surface area contributed by atoms with Crippen LogP contribution in [0.5, 0.6) is 0 Å². The summed E-state index contributed by atoms with van der Waals surface area (Å²) in [6.07, 6.45) is 3.35. The molecule has 0 saturated heterocycles. The first-order chi connectivity index (χ1) is 8.49. The van der Waals surface area contributed by atoms with E-state index in [1.165, 1.54) is 12.8 Å². The minimum absolute atomic E-state index is 0.0126. The number of carbonyl (C=O) groups is 1. The first-order valence-electron chi connectivity index (χ1n) is 6.47. The Hall–Kier alpha value is -1.36. The molecule has 1 aromatic rings. The van der Waals surface area contributed by atoms with E-state index in [9.17, 15) is 4.79 Å². The molecular weight excluding hydrogens is 228 g/mol. The first kappa shape index (κ1) is 13.1. The van der Waals surface area contributed by atoms with E-state index in [-0.39, 0.29) is 11.3 Å². The van der Waals surface area contributed by atoms with Gasteiger partial charge in [0.15, 0.2) is 0 Å². The zero-order valence-electron chi connectivity index (χ0n) is 11.4. The summed E-state index contributed by atoms with van der Waals surface area (Å²) in [5, 5.41) is 7.30. The summed E-state index contributed by atoms with van der Waals surface area (Å²) >= 11 is 0. The van der Waals surface area contributed by atoms with Crippen molar-refractivity contribution in [1.82, 2.24) is 15.1 Å². The maximum atomic E-state index is 12.2. The second kappa shape index (κ2) is 4.72. The number of aryl methyl sites for hydroxylation is 2. The summed E-state index contributed by atoms with van der Waals surface area (Å²) in [5.41, 5.74) is 8.28. The highest BCUT2D eigenvalue weighted by molar-refractivity contribution is 5.96. The predicted octanol–water partition coefficient (Wildman–Crippen LogP) is 0.896. The number of amides is 1. The minimum Gasteiger partial charge on any atom is -0.351 e. The Morgan fingerprint density at radius 2 is 2.17 bits per heavy atom. The van der Waals surface area contributed by atoms with Crippen molar-refractivity contribution in [2.75, 3.05) is 13.1 Å². The van der Waals surface area contributed by atoms with Gasteiger partial charge in [0, 0.05) is 19.3 Å². The second-order valence-corrected chi connectivity index (χ2v) is 5.39. The lowest BCUT2D eigenvalue weighted by atomic mass is 10.0. The molecule has 1 saturated carbocycles. The molecule has 1 heterocycles. The predicted molar refractivity (Wildman–Crippen MR) is 70.4 cm³/mol. The van der Waals surface area contributed by atoms with Crippen molar-refractivity contribution in [3.05, 3.63) is 17.0 Å². The van der Waals surface area contributed by atoms with Gasteiger partial charge in [-0.05, 0) is 45.1 Å². The van der Waals surface area contributed by atoms with Crippen LogP contribution in [-0.4, -0.2) is 28.8 Å². The summed E-state index contributed by atoms with van der Waals surface area (Å²) in [4.78, 5) is 12.2. The molecule has 100 valence electrons. The SMILES string of the molecule is Cc1nn(C)c(C)c1C(=O)NCC1(CCN)CC1. The summed E-state index contributed by atoms with van der Waals surface area (Å²) < 4.78 is 1.75. The molecular formula is C13H22N4O. The first-order valence-corrected chi connectivity index (χ1v) is 6.47. The molecule has 2 rings (SSSR count). The van der Waals surface area contributed by atoms with Crippen LogP contribution >= 0.6 is 0 Å². The number of nitrogens with zero attached hydrogens (tertiary/aromatic N) is 2. The molecule has 5 nitrogen and oxygen atoms in total. The number of carbonyl (C=O) groups excluding carboxylic acids is 1. The number of aromatic nitrogens is 2. The molecule has 3 N–H and O–H groups in total. The third-order valence-electron chi connectivity index (χ3n) is 3.99. The van der Waals surface area contributed by atoms with Crippen molar-refractivity contribution in [3.63, 3.8) is 0 Å². The molecule has 0 unspecified atom stereocenters. The fourth-order valence-corrected chi connectivity index (χ4v) is 2.46. The van der Waals surface area contributed by atoms with Crippen molar-refractivity contribution in [3.8, 4) is 0 Å². The van der Waals surface area contributed by atoms with Gasteiger partial charge in [-0.15, -0.1) is 0 Å². The van der Waals surface area contributed by atoms with Gasteiger partial charge in [0.05, 0.1) is 11.3 Å². The molecule has 0 aromatic carbocycles. The lowest BCUT2D eigenvalue weighted by molar-refractivity contribution is 0.0942. The molecule has 0 atom stereocenters. The maximum absolute atomic E-state index is 12.2. The molecule has 0 spiro atoms. The van der Waals surface area contributed by atoms with E-state index >= 15 is 0 Å². The molecule has 1 amide bonds. The van der Waals surface area contributed by atoms with Crippen molar-refractivity contribution < 1.29 is 4.79 Å². The molecule has 0 bridgehead atoms. The van der Waals surface area contributed by atoms with Crippen LogP contribution in [0.4, 0.5) is 0 Å². The standard InChI is InChI=1S/C13H22N4O/c1-9-11(10(2)17(3)16-9)12(18)15-8-13(4-5-13)6-7-14/h4-8,14H2,1-3H3,(H,15,18).